The number of hydrogen-bond acceptors (Lipinski definition) is 3. The van der Waals surface area contributed by atoms with Crippen LogP contribution in [0.15, 0.2) is 78.2 Å². The molecular formula is C51H64N2S. The summed E-state index contributed by atoms with van der Waals surface area (Å²) in [5, 5.41) is 3.79. The largest absolute Gasteiger partial charge is 0.334 e. The van der Waals surface area contributed by atoms with E-state index >= 15 is 0 Å². The summed E-state index contributed by atoms with van der Waals surface area (Å²) in [5.74, 6) is 0. The second kappa shape index (κ2) is 12.2. The fourth-order valence-electron chi connectivity index (χ4n) is 10.4. The van der Waals surface area contributed by atoms with E-state index in [1.807, 2.05) is 11.3 Å². The van der Waals surface area contributed by atoms with E-state index in [4.69, 9.17) is 0 Å². The molecule has 54 heavy (non-hydrogen) atoms. The molecule has 1 aliphatic heterocycles. The van der Waals surface area contributed by atoms with Crippen LogP contribution in [0.25, 0.3) is 10.1 Å². The van der Waals surface area contributed by atoms with Crippen molar-refractivity contribution in [3.8, 4) is 0 Å². The Bertz CT molecular complexity index is 2250. The first-order chi connectivity index (χ1) is 25.1. The molecule has 0 radical (unpaired) electrons. The summed E-state index contributed by atoms with van der Waals surface area (Å²) in [6.07, 6.45) is 7.42. The Balaban J connectivity index is 1.35. The molecule has 0 bridgehead atoms. The summed E-state index contributed by atoms with van der Waals surface area (Å²) in [4.78, 5) is 5.33. The fourth-order valence-corrected chi connectivity index (χ4v) is 11.3. The average molecular weight is 737 g/mol. The molecule has 2 atom stereocenters. The van der Waals surface area contributed by atoms with E-state index in [9.17, 15) is 0 Å². The normalized spacial score (nSPS) is 23.2. The van der Waals surface area contributed by atoms with E-state index in [0.717, 1.165) is 0 Å². The van der Waals surface area contributed by atoms with Crippen LogP contribution in [0.5, 0.6) is 0 Å². The third-order valence-corrected chi connectivity index (χ3v) is 15.2. The maximum atomic E-state index is 2.76. The van der Waals surface area contributed by atoms with Crippen molar-refractivity contribution in [2.75, 3.05) is 9.80 Å². The van der Waals surface area contributed by atoms with Gasteiger partial charge in [0, 0.05) is 43.6 Å². The smallest absolute Gasteiger partial charge is 0.0647 e. The van der Waals surface area contributed by atoms with Gasteiger partial charge in [0.25, 0.3) is 0 Å². The van der Waals surface area contributed by atoms with Crippen molar-refractivity contribution in [2.24, 2.45) is 0 Å². The molecule has 8 rings (SSSR count). The van der Waals surface area contributed by atoms with Gasteiger partial charge in [0.05, 0.1) is 11.2 Å². The van der Waals surface area contributed by atoms with Crippen molar-refractivity contribution in [3.63, 3.8) is 0 Å². The Labute approximate surface area is 331 Å². The number of anilines is 5. The second-order valence-electron chi connectivity index (χ2n) is 21.1. The van der Waals surface area contributed by atoms with Crippen LogP contribution in [0, 0.1) is 6.92 Å². The molecule has 0 amide bonds. The van der Waals surface area contributed by atoms with Crippen molar-refractivity contribution in [1.82, 2.24) is 0 Å². The van der Waals surface area contributed by atoms with E-state index in [1.165, 1.54) is 110 Å². The Hall–Kier alpha value is -3.56. The minimum atomic E-state index is -0.0130. The van der Waals surface area contributed by atoms with Crippen LogP contribution >= 0.6 is 11.3 Å². The summed E-state index contributed by atoms with van der Waals surface area (Å²) in [5.41, 5.74) is 15.7. The van der Waals surface area contributed by atoms with Crippen LogP contribution in [0.4, 0.5) is 28.4 Å². The number of aryl methyl sites for hydroxylation is 1. The predicted octanol–water partition coefficient (Wildman–Crippen LogP) is 15.4. The van der Waals surface area contributed by atoms with Crippen molar-refractivity contribution in [3.05, 3.63) is 112 Å². The van der Waals surface area contributed by atoms with E-state index < -0.39 is 0 Å². The van der Waals surface area contributed by atoms with E-state index in [0.29, 0.717) is 0 Å². The number of thiophene rings is 1. The fraction of sp³-hybridized carbons (Fsp3) is 0.490. The molecule has 1 saturated carbocycles. The van der Waals surface area contributed by atoms with E-state index in [-0.39, 0.29) is 32.6 Å². The van der Waals surface area contributed by atoms with Gasteiger partial charge < -0.3 is 9.80 Å². The lowest BCUT2D eigenvalue weighted by Gasteiger charge is -2.50. The molecule has 0 spiro atoms. The van der Waals surface area contributed by atoms with Gasteiger partial charge >= 0.3 is 0 Å². The minimum absolute atomic E-state index is 0.0130. The SMILES string of the molecule is Cc1cc(N(c2ccc(C(C)(C)C)cc2)c2csc3cc4c(cc23)C(C)(C)CCC4(C)C)cc(N2c3ccc(C(C)(C)C)cc3C3(C)CCCCC23C)c1. The van der Waals surface area contributed by atoms with Gasteiger partial charge in [-0.2, -0.15) is 0 Å². The maximum absolute atomic E-state index is 2.76. The van der Waals surface area contributed by atoms with Gasteiger partial charge in [0.15, 0.2) is 0 Å². The summed E-state index contributed by atoms with van der Waals surface area (Å²) in [6.45, 7) is 31.2. The van der Waals surface area contributed by atoms with Crippen LogP contribution in [-0.4, -0.2) is 5.54 Å². The summed E-state index contributed by atoms with van der Waals surface area (Å²) < 4.78 is 1.38. The number of hydrogen-bond donors (Lipinski definition) is 0. The lowest BCUT2D eigenvalue weighted by molar-refractivity contribution is 0.195. The number of nitrogens with zero attached hydrogens (tertiary/aromatic N) is 2. The lowest BCUT2D eigenvalue weighted by atomic mass is 9.61. The second-order valence-corrected chi connectivity index (χ2v) is 22.0. The standard InChI is InChI=1S/C51H64N2S/c1-33-26-37(29-38(27-33)53-43-21-18-35(47(5,6)7)28-42(43)50(12)22-14-15-23-51(50,53)13)52(36-19-16-34(17-20-36)46(2,3)4)44-32-54-45-31-41-40(30-39(44)45)48(8,9)24-25-49(41,10)11/h16-21,26-32H,14-15,22-25H2,1-13H3. The van der Waals surface area contributed by atoms with Crippen LogP contribution in [0.1, 0.15) is 155 Å². The molecule has 0 N–H and O–H groups in total. The van der Waals surface area contributed by atoms with Crippen LogP contribution in [0.2, 0.25) is 0 Å². The third-order valence-electron chi connectivity index (χ3n) is 14.3. The van der Waals surface area contributed by atoms with Gasteiger partial charge in [-0.05, 0) is 143 Å². The Kier molecular flexibility index (Phi) is 8.46. The zero-order valence-corrected chi connectivity index (χ0v) is 36.4. The molecule has 284 valence electrons. The van der Waals surface area contributed by atoms with Gasteiger partial charge in [0.1, 0.15) is 0 Å². The number of fused-ring (bicyclic) bond motifs is 5. The highest BCUT2D eigenvalue weighted by molar-refractivity contribution is 7.17. The monoisotopic (exact) mass is 736 g/mol. The molecule has 5 aromatic rings. The molecule has 2 heterocycles. The first-order valence-electron chi connectivity index (χ1n) is 20.7. The quantitative estimate of drug-likeness (QED) is 0.181. The molecule has 2 unspecified atom stereocenters. The first kappa shape index (κ1) is 37.4. The maximum Gasteiger partial charge on any atom is 0.0647 e. The van der Waals surface area contributed by atoms with E-state index in [2.05, 4.69) is 178 Å². The Morgan fingerprint density at radius 1 is 0.611 bits per heavy atom. The van der Waals surface area contributed by atoms with Gasteiger partial charge in [-0.25, -0.2) is 0 Å². The Morgan fingerprint density at radius 2 is 1.22 bits per heavy atom. The Morgan fingerprint density at radius 3 is 1.87 bits per heavy atom. The number of benzene rings is 4. The highest BCUT2D eigenvalue weighted by atomic mass is 32.1. The molecule has 1 fully saturated rings. The molecule has 3 aliphatic rings. The molecule has 3 heteroatoms. The zero-order chi connectivity index (χ0) is 38.8. The van der Waals surface area contributed by atoms with Gasteiger partial charge in [-0.3, -0.25) is 0 Å². The highest BCUT2D eigenvalue weighted by Gasteiger charge is 2.58. The number of rotatable bonds is 4. The molecule has 2 nitrogen and oxygen atoms in total. The first-order valence-corrected chi connectivity index (χ1v) is 21.6. The molecule has 1 aromatic heterocycles. The molecule has 2 aliphatic carbocycles. The molecular weight excluding hydrogens is 673 g/mol. The van der Waals surface area contributed by atoms with Crippen LogP contribution in [0.3, 0.4) is 0 Å². The predicted molar refractivity (Wildman–Crippen MR) is 237 cm³/mol. The average Bonchev–Trinajstić information content (AvgIpc) is 3.59. The van der Waals surface area contributed by atoms with Crippen molar-refractivity contribution < 1.29 is 0 Å². The highest BCUT2D eigenvalue weighted by Crippen LogP contribution is 2.62. The molecule has 0 saturated heterocycles. The van der Waals surface area contributed by atoms with Gasteiger partial charge in [-0.15, -0.1) is 11.3 Å². The minimum Gasteiger partial charge on any atom is -0.334 e. The van der Waals surface area contributed by atoms with Crippen LogP contribution < -0.4 is 9.80 Å². The topological polar surface area (TPSA) is 6.48 Å². The summed E-state index contributed by atoms with van der Waals surface area (Å²) >= 11 is 1.90. The van der Waals surface area contributed by atoms with Crippen molar-refractivity contribution in [2.45, 2.75) is 161 Å². The van der Waals surface area contributed by atoms with Gasteiger partial charge in [-0.1, -0.05) is 113 Å². The van der Waals surface area contributed by atoms with Gasteiger partial charge in [0.2, 0.25) is 0 Å². The zero-order valence-electron chi connectivity index (χ0n) is 35.6. The van der Waals surface area contributed by atoms with Crippen molar-refractivity contribution >= 4 is 49.9 Å². The third kappa shape index (κ3) is 5.77. The van der Waals surface area contributed by atoms with Crippen molar-refractivity contribution in [1.29, 1.82) is 0 Å². The summed E-state index contributed by atoms with van der Waals surface area (Å²) in [7, 11) is 0. The van der Waals surface area contributed by atoms with E-state index in [1.54, 1.807) is 0 Å². The lowest BCUT2D eigenvalue weighted by Crippen LogP contribution is -2.54. The van der Waals surface area contributed by atoms with Crippen LogP contribution in [-0.2, 0) is 27.1 Å². The summed E-state index contributed by atoms with van der Waals surface area (Å²) in [6, 6.07) is 29.3. The molecule has 4 aromatic carbocycles.